The monoisotopic (exact) mass is 366 g/mol. The van der Waals surface area contributed by atoms with Crippen LogP contribution in [0.25, 0.3) is 0 Å². The number of carbonyl (C=O) groups excluding carboxylic acids is 3. The highest BCUT2D eigenvalue weighted by Gasteiger charge is 2.22. The van der Waals surface area contributed by atoms with Crippen molar-refractivity contribution in [3.63, 3.8) is 0 Å². The molecule has 2 aromatic carbocycles. The van der Waals surface area contributed by atoms with Gasteiger partial charge in [-0.1, -0.05) is 18.2 Å². The average Bonchev–Trinajstić information content (AvgIpc) is 2.66. The molecule has 0 saturated heterocycles. The molecule has 0 bridgehead atoms. The van der Waals surface area contributed by atoms with Gasteiger partial charge in [0.05, 0.1) is 5.56 Å². The number of fused-ring (bicyclic) bond motifs is 1. The summed E-state index contributed by atoms with van der Waals surface area (Å²) in [6.07, 6.45) is 0.973. The highest BCUT2D eigenvalue weighted by molar-refractivity contribution is 5.98. The van der Waals surface area contributed by atoms with Gasteiger partial charge in [0.25, 0.3) is 5.91 Å². The van der Waals surface area contributed by atoms with Crippen LogP contribution in [0, 0.1) is 0 Å². The lowest BCUT2D eigenvalue weighted by Crippen LogP contribution is -2.39. The molecule has 0 spiro atoms. The second kappa shape index (κ2) is 8.03. The van der Waals surface area contributed by atoms with Gasteiger partial charge in [0.1, 0.15) is 0 Å². The van der Waals surface area contributed by atoms with Crippen molar-refractivity contribution in [3.05, 3.63) is 59.7 Å². The first kappa shape index (κ1) is 18.6. The largest absolute Gasteiger partial charge is 0.452 e. The molecule has 0 fully saturated rings. The van der Waals surface area contributed by atoms with E-state index in [1.165, 1.54) is 0 Å². The van der Waals surface area contributed by atoms with E-state index in [1.807, 2.05) is 44.2 Å². The summed E-state index contributed by atoms with van der Waals surface area (Å²) in [6, 6.07) is 14.2. The third kappa shape index (κ3) is 4.34. The molecule has 0 radical (unpaired) electrons. The van der Waals surface area contributed by atoms with Crippen LogP contribution in [0.5, 0.6) is 0 Å². The van der Waals surface area contributed by atoms with Gasteiger partial charge in [-0.25, -0.2) is 4.79 Å². The zero-order chi connectivity index (χ0) is 19.4. The normalized spacial score (nSPS) is 12.9. The number of benzene rings is 2. The van der Waals surface area contributed by atoms with Gasteiger partial charge < -0.3 is 15.0 Å². The molecule has 2 aromatic rings. The van der Waals surface area contributed by atoms with E-state index >= 15 is 0 Å². The van der Waals surface area contributed by atoms with Gasteiger partial charge in [-0.05, 0) is 56.2 Å². The Labute approximate surface area is 158 Å². The van der Waals surface area contributed by atoms with E-state index in [0.717, 1.165) is 11.3 Å². The predicted octanol–water partition coefficient (Wildman–Crippen LogP) is 3.17. The number of para-hydroxylation sites is 1. The fourth-order valence-electron chi connectivity index (χ4n) is 3.11. The zero-order valence-corrected chi connectivity index (χ0v) is 15.4. The van der Waals surface area contributed by atoms with Gasteiger partial charge in [0.2, 0.25) is 5.91 Å². The minimum atomic E-state index is -0.556. The number of hydrogen-bond donors (Lipinski definition) is 1. The van der Waals surface area contributed by atoms with Gasteiger partial charge in [-0.2, -0.15) is 0 Å². The Hall–Kier alpha value is -3.15. The highest BCUT2D eigenvalue weighted by Crippen LogP contribution is 2.24. The number of rotatable bonds is 5. The summed E-state index contributed by atoms with van der Waals surface area (Å²) < 4.78 is 5.24. The Bertz CT molecular complexity index is 862. The second-order valence-electron chi connectivity index (χ2n) is 6.69. The summed E-state index contributed by atoms with van der Waals surface area (Å²) in [4.78, 5) is 38.0. The molecule has 2 amide bonds. The van der Waals surface area contributed by atoms with Crippen molar-refractivity contribution in [1.29, 1.82) is 0 Å². The number of amides is 2. The molecule has 6 heteroatoms. The lowest BCUT2D eigenvalue weighted by atomic mass is 10.0. The number of aryl methyl sites for hydroxylation is 1. The molecular formula is C21H22N2O4. The Kier molecular flexibility index (Phi) is 5.54. The van der Waals surface area contributed by atoms with E-state index in [9.17, 15) is 14.4 Å². The SMILES string of the molecule is CC(C)N(C(=O)COC(=O)c1ccc2c(c1)CCC(=O)N2)c1ccccc1. The van der Waals surface area contributed by atoms with Crippen LogP contribution >= 0.6 is 0 Å². The number of carbonyl (C=O) groups is 3. The van der Waals surface area contributed by atoms with E-state index in [2.05, 4.69) is 5.32 Å². The van der Waals surface area contributed by atoms with Crippen molar-refractivity contribution in [1.82, 2.24) is 0 Å². The molecule has 0 atom stereocenters. The predicted molar refractivity (Wildman–Crippen MR) is 103 cm³/mol. The maximum atomic E-state index is 12.6. The third-order valence-corrected chi connectivity index (χ3v) is 4.38. The number of nitrogens with zero attached hydrogens (tertiary/aromatic N) is 1. The van der Waals surface area contributed by atoms with Crippen molar-refractivity contribution >= 4 is 29.2 Å². The van der Waals surface area contributed by atoms with Crippen LogP contribution in [-0.4, -0.2) is 30.4 Å². The lowest BCUT2D eigenvalue weighted by Gasteiger charge is -2.26. The molecule has 0 unspecified atom stereocenters. The molecule has 1 heterocycles. The summed E-state index contributed by atoms with van der Waals surface area (Å²) in [5.74, 6) is -0.868. The van der Waals surface area contributed by atoms with Crippen molar-refractivity contribution in [2.75, 3.05) is 16.8 Å². The summed E-state index contributed by atoms with van der Waals surface area (Å²) in [7, 11) is 0. The van der Waals surface area contributed by atoms with Crippen molar-refractivity contribution in [2.45, 2.75) is 32.7 Å². The maximum absolute atomic E-state index is 12.6. The Morgan fingerprint density at radius 3 is 2.56 bits per heavy atom. The van der Waals surface area contributed by atoms with E-state index in [-0.39, 0.29) is 24.5 Å². The zero-order valence-electron chi connectivity index (χ0n) is 15.4. The van der Waals surface area contributed by atoms with Crippen LogP contribution in [-0.2, 0) is 20.7 Å². The fourth-order valence-corrected chi connectivity index (χ4v) is 3.11. The molecule has 3 rings (SSSR count). The van der Waals surface area contributed by atoms with Gasteiger partial charge >= 0.3 is 5.97 Å². The van der Waals surface area contributed by atoms with Crippen LogP contribution in [0.1, 0.15) is 36.2 Å². The number of anilines is 2. The fraction of sp³-hybridized carbons (Fsp3) is 0.286. The average molecular weight is 366 g/mol. The van der Waals surface area contributed by atoms with E-state index in [0.29, 0.717) is 24.1 Å². The van der Waals surface area contributed by atoms with Gasteiger partial charge in [-0.15, -0.1) is 0 Å². The Morgan fingerprint density at radius 1 is 1.11 bits per heavy atom. The van der Waals surface area contributed by atoms with Gasteiger partial charge in [0.15, 0.2) is 6.61 Å². The van der Waals surface area contributed by atoms with Crippen LogP contribution in [0.4, 0.5) is 11.4 Å². The molecule has 1 aliphatic heterocycles. The molecule has 0 aromatic heterocycles. The molecule has 1 aliphatic rings. The number of nitrogens with one attached hydrogen (secondary N) is 1. The van der Waals surface area contributed by atoms with Gasteiger partial charge in [-0.3, -0.25) is 9.59 Å². The molecule has 0 saturated carbocycles. The van der Waals surface area contributed by atoms with Crippen molar-refractivity contribution in [2.24, 2.45) is 0 Å². The second-order valence-corrected chi connectivity index (χ2v) is 6.69. The molecule has 1 N–H and O–H groups in total. The van der Waals surface area contributed by atoms with Crippen molar-refractivity contribution < 1.29 is 19.1 Å². The van der Waals surface area contributed by atoms with Gasteiger partial charge in [0, 0.05) is 23.8 Å². The molecule has 140 valence electrons. The number of ether oxygens (including phenoxy) is 1. The number of esters is 1. The first-order chi connectivity index (χ1) is 13.0. The third-order valence-electron chi connectivity index (χ3n) is 4.38. The lowest BCUT2D eigenvalue weighted by molar-refractivity contribution is -0.122. The molecule has 27 heavy (non-hydrogen) atoms. The van der Waals surface area contributed by atoms with Crippen molar-refractivity contribution in [3.8, 4) is 0 Å². The quantitative estimate of drug-likeness (QED) is 0.825. The smallest absolute Gasteiger partial charge is 0.338 e. The van der Waals surface area contributed by atoms with Crippen LogP contribution in [0.15, 0.2) is 48.5 Å². The summed E-state index contributed by atoms with van der Waals surface area (Å²) >= 11 is 0. The van der Waals surface area contributed by atoms with E-state index in [1.54, 1.807) is 23.1 Å². The van der Waals surface area contributed by atoms with Crippen LogP contribution < -0.4 is 10.2 Å². The highest BCUT2D eigenvalue weighted by atomic mass is 16.5. The Balaban J connectivity index is 1.66. The topological polar surface area (TPSA) is 75.7 Å². The van der Waals surface area contributed by atoms with Crippen LogP contribution in [0.2, 0.25) is 0 Å². The van der Waals surface area contributed by atoms with Crippen LogP contribution in [0.3, 0.4) is 0 Å². The van der Waals surface area contributed by atoms with E-state index < -0.39 is 5.97 Å². The summed E-state index contributed by atoms with van der Waals surface area (Å²) in [5, 5.41) is 2.77. The molecular weight excluding hydrogens is 344 g/mol. The van der Waals surface area contributed by atoms with E-state index in [4.69, 9.17) is 4.74 Å². The molecule has 0 aliphatic carbocycles. The standard InChI is InChI=1S/C21H22N2O4/c1-14(2)23(17-6-4-3-5-7-17)20(25)13-27-21(26)16-8-10-18-15(12-16)9-11-19(24)22-18/h3-8,10,12,14H,9,11,13H2,1-2H3,(H,22,24). The first-order valence-electron chi connectivity index (χ1n) is 8.92. The minimum absolute atomic E-state index is 0.0295. The number of hydrogen-bond acceptors (Lipinski definition) is 4. The molecule has 6 nitrogen and oxygen atoms in total. The summed E-state index contributed by atoms with van der Waals surface area (Å²) in [6.45, 7) is 3.48. The Morgan fingerprint density at radius 2 is 1.85 bits per heavy atom. The first-order valence-corrected chi connectivity index (χ1v) is 8.92. The minimum Gasteiger partial charge on any atom is -0.452 e. The summed E-state index contributed by atoms with van der Waals surface area (Å²) in [5.41, 5.74) is 2.74. The maximum Gasteiger partial charge on any atom is 0.338 e.